The van der Waals surface area contributed by atoms with E-state index < -0.39 is 35.4 Å². The van der Waals surface area contributed by atoms with E-state index in [1.807, 2.05) is 121 Å². The number of likely N-dealkylation sites (tertiary alicyclic amines) is 1. The minimum Gasteiger partial charge on any atom is -0.464 e. The normalized spacial score (nSPS) is 14.5. The summed E-state index contributed by atoms with van der Waals surface area (Å²) < 4.78 is 26.9. The summed E-state index contributed by atoms with van der Waals surface area (Å²) in [6.45, 7) is 0.126. The molecule has 1 aliphatic heterocycles. The minimum absolute atomic E-state index is 0.0321. The van der Waals surface area contributed by atoms with Gasteiger partial charge in [-0.1, -0.05) is 127 Å². The molecule has 0 spiro atoms. The summed E-state index contributed by atoms with van der Waals surface area (Å²) in [6, 6.07) is 43.1. The summed E-state index contributed by atoms with van der Waals surface area (Å²) in [7, 11) is 1.19. The van der Waals surface area contributed by atoms with Gasteiger partial charge in [-0.15, -0.1) is 0 Å². The fourth-order valence-electron chi connectivity index (χ4n) is 6.86. The number of carbonyl (C=O) groups excluding carboxylic acids is 3. The lowest BCUT2D eigenvalue weighted by Gasteiger charge is -2.37. The van der Waals surface area contributed by atoms with Crippen LogP contribution in [0.1, 0.15) is 34.2 Å². The first-order valence-electron chi connectivity index (χ1n) is 17.5. The number of halogens is 1. The quantitative estimate of drug-likeness (QED) is 0.0798. The van der Waals surface area contributed by atoms with Crippen LogP contribution in [0.15, 0.2) is 151 Å². The maximum absolute atomic E-state index is 16.6. The van der Waals surface area contributed by atoms with Crippen LogP contribution >= 0.6 is 0 Å². The third-order valence-electron chi connectivity index (χ3n) is 9.52. The lowest BCUT2D eigenvalue weighted by atomic mass is 9.77. The molecule has 0 bridgehead atoms. The Morgan fingerprint density at radius 1 is 0.815 bits per heavy atom. The van der Waals surface area contributed by atoms with Crippen LogP contribution in [-0.4, -0.2) is 47.6 Å². The molecule has 0 aliphatic carbocycles. The van der Waals surface area contributed by atoms with Crippen LogP contribution in [0.2, 0.25) is 0 Å². The monoisotopic (exact) mass is 720 g/mol. The average Bonchev–Trinajstić information content (AvgIpc) is 3.58. The highest BCUT2D eigenvalue weighted by Crippen LogP contribution is 2.41. The molecular formula is C44H37FN4O5. The van der Waals surface area contributed by atoms with Crippen molar-refractivity contribution < 1.29 is 28.2 Å². The van der Waals surface area contributed by atoms with Crippen LogP contribution in [0.5, 0.6) is 0 Å². The number of hydrogen-bond acceptors (Lipinski definition) is 7. The van der Waals surface area contributed by atoms with Gasteiger partial charge in [0.15, 0.2) is 0 Å². The zero-order chi connectivity index (χ0) is 37.5. The largest absolute Gasteiger partial charge is 0.464 e. The number of anilines is 1. The van der Waals surface area contributed by atoms with Gasteiger partial charge in [0.1, 0.15) is 35.5 Å². The van der Waals surface area contributed by atoms with E-state index in [1.54, 1.807) is 18.2 Å². The molecule has 10 heteroatoms. The molecule has 5 aromatic carbocycles. The van der Waals surface area contributed by atoms with Gasteiger partial charge < -0.3 is 25.0 Å². The third-order valence-corrected chi connectivity index (χ3v) is 9.52. The summed E-state index contributed by atoms with van der Waals surface area (Å²) in [5.74, 6) is -1.55. The van der Waals surface area contributed by atoms with Crippen LogP contribution < -0.4 is 10.6 Å². The van der Waals surface area contributed by atoms with Crippen molar-refractivity contribution in [1.82, 2.24) is 15.2 Å². The molecule has 9 nitrogen and oxygen atoms in total. The second-order valence-corrected chi connectivity index (χ2v) is 12.8. The van der Waals surface area contributed by atoms with Gasteiger partial charge in [-0.05, 0) is 46.9 Å². The highest BCUT2D eigenvalue weighted by molar-refractivity contribution is 6.01. The molecule has 0 unspecified atom stereocenters. The number of ether oxygens (including phenoxy) is 2. The molecule has 0 radical (unpaired) electrons. The fourth-order valence-corrected chi connectivity index (χ4v) is 6.86. The van der Waals surface area contributed by atoms with E-state index >= 15 is 4.39 Å². The Morgan fingerprint density at radius 2 is 1.39 bits per heavy atom. The Bertz CT molecular complexity index is 2210. The topological polar surface area (TPSA) is 110 Å². The first kappa shape index (κ1) is 35.6. The van der Waals surface area contributed by atoms with Crippen LogP contribution in [0.4, 0.5) is 15.0 Å². The van der Waals surface area contributed by atoms with E-state index in [2.05, 4.69) is 10.6 Å². The van der Waals surface area contributed by atoms with E-state index in [1.165, 1.54) is 24.3 Å². The number of aromatic nitrogens is 1. The molecule has 2 amide bonds. The molecule has 54 heavy (non-hydrogen) atoms. The maximum Gasteiger partial charge on any atom is 0.408 e. The highest BCUT2D eigenvalue weighted by Gasteiger charge is 2.39. The molecular weight excluding hydrogens is 684 g/mol. The first-order valence-corrected chi connectivity index (χ1v) is 17.5. The molecule has 6 aromatic rings. The molecule has 1 fully saturated rings. The van der Waals surface area contributed by atoms with E-state index in [0.29, 0.717) is 11.2 Å². The van der Waals surface area contributed by atoms with Gasteiger partial charge >= 0.3 is 12.1 Å². The molecule has 270 valence electrons. The van der Waals surface area contributed by atoms with Gasteiger partial charge in [-0.3, -0.25) is 4.79 Å². The smallest absolute Gasteiger partial charge is 0.408 e. The van der Waals surface area contributed by atoms with Crippen molar-refractivity contribution in [3.63, 3.8) is 0 Å². The Labute approximate surface area is 312 Å². The van der Waals surface area contributed by atoms with Crippen molar-refractivity contribution in [2.24, 2.45) is 0 Å². The standard InChI is InChI=1S/C44H37FN4O5/c1-53-42(51)38(49-27-25-37(41(49)50)47-43(52)54-29-30-14-6-2-7-15-30)28-31-22-23-36-35(39(31)45)24-26-46-40(36)48-44(32-16-8-3-9-17-32,33-18-10-4-11-19-33)34-20-12-5-13-21-34/h2-24,26,28,37H,25,27,29H2,1H3,(H,46,48)(H,47,52)/b38-28-/t37-/m0/s1. The Kier molecular flexibility index (Phi) is 10.4. The number of methoxy groups -OCH3 is 1. The summed E-state index contributed by atoms with van der Waals surface area (Å²) in [5, 5.41) is 7.06. The van der Waals surface area contributed by atoms with Crippen molar-refractivity contribution in [3.05, 3.63) is 185 Å². The van der Waals surface area contributed by atoms with Gasteiger partial charge in [-0.25, -0.2) is 19.0 Å². The summed E-state index contributed by atoms with van der Waals surface area (Å²) in [6.07, 6.45) is 2.27. The van der Waals surface area contributed by atoms with Crippen molar-refractivity contribution in [3.8, 4) is 0 Å². The predicted molar refractivity (Wildman–Crippen MR) is 204 cm³/mol. The van der Waals surface area contributed by atoms with Crippen LogP contribution in [-0.2, 0) is 31.2 Å². The van der Waals surface area contributed by atoms with Gasteiger partial charge in [0.05, 0.1) is 7.11 Å². The van der Waals surface area contributed by atoms with E-state index in [-0.39, 0.29) is 36.2 Å². The number of esters is 1. The molecule has 7 rings (SSSR count). The van der Waals surface area contributed by atoms with Crippen molar-refractivity contribution >= 4 is 40.6 Å². The predicted octanol–water partition coefficient (Wildman–Crippen LogP) is 7.82. The van der Waals surface area contributed by atoms with E-state index in [4.69, 9.17) is 14.5 Å². The van der Waals surface area contributed by atoms with E-state index in [9.17, 15) is 14.4 Å². The van der Waals surface area contributed by atoms with Gasteiger partial charge in [-0.2, -0.15) is 0 Å². The lowest BCUT2D eigenvalue weighted by Crippen LogP contribution is -2.42. The van der Waals surface area contributed by atoms with Crippen LogP contribution in [0, 0.1) is 5.82 Å². The zero-order valence-corrected chi connectivity index (χ0v) is 29.4. The number of alkyl carbamates (subject to hydrolysis) is 1. The average molecular weight is 721 g/mol. The van der Waals surface area contributed by atoms with Crippen LogP contribution in [0.3, 0.4) is 0 Å². The molecule has 1 atom stereocenters. The molecule has 2 N–H and O–H groups in total. The van der Waals surface area contributed by atoms with Crippen molar-refractivity contribution in [2.45, 2.75) is 24.6 Å². The van der Waals surface area contributed by atoms with E-state index in [0.717, 1.165) is 22.3 Å². The number of nitrogens with one attached hydrogen (secondary N) is 2. The number of nitrogens with zero attached hydrogens (tertiary/aromatic N) is 2. The molecule has 1 saturated heterocycles. The number of pyridine rings is 1. The maximum atomic E-state index is 16.6. The summed E-state index contributed by atoms with van der Waals surface area (Å²) in [5.41, 5.74) is 2.65. The minimum atomic E-state index is -0.943. The van der Waals surface area contributed by atoms with Crippen LogP contribution in [0.25, 0.3) is 16.8 Å². The second-order valence-electron chi connectivity index (χ2n) is 12.8. The zero-order valence-electron chi connectivity index (χ0n) is 29.4. The van der Waals surface area contributed by atoms with Crippen molar-refractivity contribution in [2.75, 3.05) is 19.0 Å². The first-order chi connectivity index (χ1) is 26.4. The second kappa shape index (κ2) is 15.8. The molecule has 1 aromatic heterocycles. The highest BCUT2D eigenvalue weighted by atomic mass is 19.1. The number of amides is 2. The van der Waals surface area contributed by atoms with Gasteiger partial charge in [0, 0.05) is 29.1 Å². The number of fused-ring (bicyclic) bond motifs is 1. The molecule has 1 aliphatic rings. The number of carbonyl (C=O) groups is 3. The lowest BCUT2D eigenvalue weighted by molar-refractivity contribution is -0.141. The molecule has 2 heterocycles. The summed E-state index contributed by atoms with van der Waals surface area (Å²) in [4.78, 5) is 45.0. The van der Waals surface area contributed by atoms with Crippen molar-refractivity contribution in [1.29, 1.82) is 0 Å². The number of rotatable bonds is 11. The SMILES string of the molecule is COC(=O)/C(=C/c1ccc2c(NC(c3ccccc3)(c3ccccc3)c3ccccc3)nccc2c1F)N1CC[C@H](NC(=O)OCc2ccccc2)C1=O. The third kappa shape index (κ3) is 7.14. The molecule has 0 saturated carbocycles. The summed E-state index contributed by atoms with van der Waals surface area (Å²) >= 11 is 0. The fraction of sp³-hybridized carbons (Fsp3) is 0.136. The Hall–Kier alpha value is -6.81. The Balaban J connectivity index is 1.21. The number of benzene rings is 5. The van der Waals surface area contributed by atoms with Gasteiger partial charge in [0.2, 0.25) is 5.91 Å². The Morgan fingerprint density at radius 3 is 1.96 bits per heavy atom. The van der Waals surface area contributed by atoms with Gasteiger partial charge in [0.25, 0.3) is 0 Å². The number of hydrogen-bond donors (Lipinski definition) is 2.